The number of pyridine rings is 2. The van der Waals surface area contributed by atoms with E-state index in [2.05, 4.69) is 0 Å². The van der Waals surface area contributed by atoms with E-state index < -0.39 is 0 Å². The number of rotatable bonds is 10. The summed E-state index contributed by atoms with van der Waals surface area (Å²) >= 11 is 1.55. The highest BCUT2D eigenvalue weighted by atomic mass is 32.1. The third-order valence-corrected chi connectivity index (χ3v) is 8.16. The van der Waals surface area contributed by atoms with Crippen LogP contribution in [0.3, 0.4) is 0 Å². The van der Waals surface area contributed by atoms with Crippen LogP contribution in [0.4, 0.5) is 0 Å². The molecule has 1 aliphatic rings. The Morgan fingerprint density at radius 3 is 2.59 bits per heavy atom. The van der Waals surface area contributed by atoms with Gasteiger partial charge in [-0.2, -0.15) is 0 Å². The second-order valence-corrected chi connectivity index (χ2v) is 10.9. The molecule has 3 heterocycles. The molecular weight excluding hydrogens is 508 g/mol. The fourth-order valence-corrected chi connectivity index (χ4v) is 5.85. The summed E-state index contributed by atoms with van der Waals surface area (Å²) in [4.78, 5) is 29.8. The number of hydrogen-bond acceptors (Lipinski definition) is 5. The minimum Gasteiger partial charge on any atom is -0.489 e. The molecule has 1 fully saturated rings. The van der Waals surface area contributed by atoms with Gasteiger partial charge in [0.05, 0.1) is 22.4 Å². The Labute approximate surface area is 231 Å². The molecule has 198 valence electrons. The zero-order valence-corrected chi connectivity index (χ0v) is 22.7. The van der Waals surface area contributed by atoms with Crippen LogP contribution in [-0.4, -0.2) is 42.0 Å². The highest BCUT2D eigenvalue weighted by Crippen LogP contribution is 2.33. The number of amides is 1. The first-order valence-electron chi connectivity index (χ1n) is 13.2. The van der Waals surface area contributed by atoms with Crippen molar-refractivity contribution in [3.8, 4) is 16.9 Å². The largest absolute Gasteiger partial charge is 0.489 e. The Morgan fingerprint density at radius 2 is 1.85 bits per heavy atom. The lowest BCUT2D eigenvalue weighted by Crippen LogP contribution is -2.36. The quantitative estimate of drug-likeness (QED) is 0.211. The van der Waals surface area contributed by atoms with E-state index in [1.54, 1.807) is 35.1 Å². The number of fused-ring (bicyclic) bond motifs is 3. The maximum atomic E-state index is 14.1. The Hall–Kier alpha value is -3.94. The first-order valence-corrected chi connectivity index (χ1v) is 14.1. The molecule has 0 bridgehead atoms. The number of carbonyl (C=O) groups excluding carboxylic acids is 1. The number of methoxy groups -OCH3 is 1. The molecule has 0 radical (unpaired) electrons. The van der Waals surface area contributed by atoms with Gasteiger partial charge < -0.3 is 14.4 Å². The molecule has 0 aliphatic heterocycles. The van der Waals surface area contributed by atoms with E-state index in [0.717, 1.165) is 39.8 Å². The SMILES string of the molecule is COCCN(CC1CC1)C(=O)c1cc(-c2ccc(OCc3ccccc3)cc2)c(=O)n2ccc3ccsc3c12. The van der Waals surface area contributed by atoms with Crippen molar-refractivity contribution in [1.82, 2.24) is 9.30 Å². The average Bonchev–Trinajstić information content (AvgIpc) is 3.67. The zero-order chi connectivity index (χ0) is 26.8. The molecule has 5 aromatic rings. The van der Waals surface area contributed by atoms with Gasteiger partial charge in [-0.05, 0) is 71.0 Å². The maximum Gasteiger partial charge on any atom is 0.263 e. The first kappa shape index (κ1) is 25.3. The topological polar surface area (TPSA) is 60.2 Å². The molecular formula is C32H30N2O4S. The fourth-order valence-electron chi connectivity index (χ4n) is 4.91. The Balaban J connectivity index is 1.40. The van der Waals surface area contributed by atoms with Gasteiger partial charge in [0.15, 0.2) is 0 Å². The van der Waals surface area contributed by atoms with Crippen LogP contribution in [0.1, 0.15) is 28.8 Å². The minimum absolute atomic E-state index is 0.0681. The van der Waals surface area contributed by atoms with Gasteiger partial charge >= 0.3 is 0 Å². The van der Waals surface area contributed by atoms with Gasteiger partial charge in [-0.3, -0.25) is 14.0 Å². The van der Waals surface area contributed by atoms with Gasteiger partial charge in [-0.1, -0.05) is 42.5 Å². The van der Waals surface area contributed by atoms with Crippen LogP contribution in [0.25, 0.3) is 26.7 Å². The van der Waals surface area contributed by atoms with Crippen molar-refractivity contribution >= 4 is 32.8 Å². The third kappa shape index (κ3) is 5.33. The molecule has 1 aliphatic carbocycles. The monoisotopic (exact) mass is 538 g/mol. The van der Waals surface area contributed by atoms with Gasteiger partial charge in [-0.15, -0.1) is 11.3 Å². The molecule has 6 rings (SSSR count). The number of hydrogen-bond donors (Lipinski definition) is 0. The predicted molar refractivity (Wildman–Crippen MR) is 156 cm³/mol. The molecule has 3 aromatic heterocycles. The third-order valence-electron chi connectivity index (χ3n) is 7.22. The number of nitrogens with zero attached hydrogens (tertiary/aromatic N) is 2. The lowest BCUT2D eigenvalue weighted by atomic mass is 10.0. The predicted octanol–water partition coefficient (Wildman–Crippen LogP) is 6.26. The van der Waals surface area contributed by atoms with Crippen molar-refractivity contribution in [2.45, 2.75) is 19.4 Å². The normalized spacial score (nSPS) is 13.2. The number of thiophene rings is 1. The standard InChI is InChI=1S/C32H30N2O4S/c1-37-17-16-33(20-22-7-8-22)31(35)28-19-27(32(36)34-15-13-25-14-18-39-30(25)29(28)34)24-9-11-26(12-10-24)38-21-23-5-3-2-4-6-23/h2-6,9-15,18-19,22H,7-8,16-17,20-21H2,1H3. The van der Waals surface area contributed by atoms with E-state index in [1.807, 2.05) is 77.0 Å². The van der Waals surface area contributed by atoms with Crippen LogP contribution in [0.15, 0.2) is 89.2 Å². The highest BCUT2D eigenvalue weighted by molar-refractivity contribution is 7.18. The Morgan fingerprint density at radius 1 is 1.05 bits per heavy atom. The van der Waals surface area contributed by atoms with E-state index in [1.165, 1.54) is 0 Å². The van der Waals surface area contributed by atoms with Crippen molar-refractivity contribution in [3.63, 3.8) is 0 Å². The van der Waals surface area contributed by atoms with Crippen molar-refractivity contribution in [2.24, 2.45) is 5.92 Å². The summed E-state index contributed by atoms with van der Waals surface area (Å²) in [5, 5.41) is 3.02. The summed E-state index contributed by atoms with van der Waals surface area (Å²) in [7, 11) is 1.65. The summed E-state index contributed by atoms with van der Waals surface area (Å²) in [6.45, 7) is 2.15. The molecule has 2 aromatic carbocycles. The van der Waals surface area contributed by atoms with Crippen molar-refractivity contribution in [3.05, 3.63) is 106 Å². The van der Waals surface area contributed by atoms with Crippen LogP contribution in [0, 0.1) is 5.92 Å². The highest BCUT2D eigenvalue weighted by Gasteiger charge is 2.29. The van der Waals surface area contributed by atoms with Gasteiger partial charge in [0.1, 0.15) is 12.4 Å². The second kappa shape index (κ2) is 11.0. The van der Waals surface area contributed by atoms with Crippen LogP contribution >= 0.6 is 11.3 Å². The van der Waals surface area contributed by atoms with Gasteiger partial charge in [0.2, 0.25) is 0 Å². The molecule has 6 nitrogen and oxygen atoms in total. The van der Waals surface area contributed by atoms with Crippen molar-refractivity contribution in [2.75, 3.05) is 26.8 Å². The van der Waals surface area contributed by atoms with E-state index >= 15 is 0 Å². The molecule has 1 saturated carbocycles. The van der Waals surface area contributed by atoms with Crippen LogP contribution in [0.5, 0.6) is 5.75 Å². The lowest BCUT2D eigenvalue weighted by molar-refractivity contribution is 0.0688. The van der Waals surface area contributed by atoms with Crippen LogP contribution in [-0.2, 0) is 11.3 Å². The smallest absolute Gasteiger partial charge is 0.263 e. The van der Waals surface area contributed by atoms with Gasteiger partial charge in [0, 0.05) is 32.0 Å². The Kier molecular flexibility index (Phi) is 7.18. The molecule has 0 N–H and O–H groups in total. The van der Waals surface area contributed by atoms with Gasteiger partial charge in [-0.25, -0.2) is 0 Å². The van der Waals surface area contributed by atoms with Crippen molar-refractivity contribution in [1.29, 1.82) is 0 Å². The van der Waals surface area contributed by atoms with Crippen LogP contribution < -0.4 is 10.3 Å². The summed E-state index contributed by atoms with van der Waals surface area (Å²) in [6, 6.07) is 23.2. The molecule has 0 saturated heterocycles. The number of ether oxygens (including phenoxy) is 2. The average molecular weight is 539 g/mol. The number of benzene rings is 2. The van der Waals surface area contributed by atoms with E-state index in [9.17, 15) is 9.59 Å². The van der Waals surface area contributed by atoms with Crippen molar-refractivity contribution < 1.29 is 14.3 Å². The maximum absolute atomic E-state index is 14.1. The molecule has 1 amide bonds. The summed E-state index contributed by atoms with van der Waals surface area (Å²) in [6.07, 6.45) is 4.07. The second-order valence-electron chi connectivity index (χ2n) is 10.0. The summed E-state index contributed by atoms with van der Waals surface area (Å²) < 4.78 is 13.8. The van der Waals surface area contributed by atoms with Crippen LogP contribution in [0.2, 0.25) is 0 Å². The molecule has 0 atom stereocenters. The van der Waals surface area contributed by atoms with E-state index in [-0.39, 0.29) is 11.5 Å². The lowest BCUT2D eigenvalue weighted by Gasteiger charge is -2.24. The molecule has 7 heteroatoms. The first-order chi connectivity index (χ1) is 19.1. The van der Waals surface area contributed by atoms with E-state index in [4.69, 9.17) is 9.47 Å². The number of aromatic nitrogens is 1. The summed E-state index contributed by atoms with van der Waals surface area (Å²) in [5.41, 5.74) is 3.37. The molecule has 0 spiro atoms. The number of carbonyl (C=O) groups is 1. The van der Waals surface area contributed by atoms with Gasteiger partial charge in [0.25, 0.3) is 11.5 Å². The minimum atomic E-state index is -0.152. The fraction of sp³-hybridized carbons (Fsp3) is 0.250. The molecule has 39 heavy (non-hydrogen) atoms. The summed E-state index contributed by atoms with van der Waals surface area (Å²) in [5.74, 6) is 1.19. The Bertz CT molecular complexity index is 1670. The van der Waals surface area contributed by atoms with E-state index in [0.29, 0.717) is 48.9 Å². The zero-order valence-electron chi connectivity index (χ0n) is 21.8. The molecule has 0 unspecified atom stereocenters.